The number of rotatable bonds is 2. The fourth-order valence-electron chi connectivity index (χ4n) is 3.03. The van der Waals surface area contributed by atoms with Crippen LogP contribution in [0.1, 0.15) is 32.1 Å². The first-order chi connectivity index (χ1) is 8.33. The predicted molar refractivity (Wildman–Crippen MR) is 72.9 cm³/mol. The summed E-state index contributed by atoms with van der Waals surface area (Å²) in [4.78, 5) is 0. The van der Waals surface area contributed by atoms with Gasteiger partial charge in [0, 0.05) is 29.3 Å². The molecule has 2 heteroatoms. The van der Waals surface area contributed by atoms with Crippen molar-refractivity contribution in [3.05, 3.63) is 30.5 Å². The highest BCUT2D eigenvalue weighted by Crippen LogP contribution is 2.27. The molecule has 2 nitrogen and oxygen atoms in total. The number of hydrogen-bond donors (Lipinski definition) is 1. The van der Waals surface area contributed by atoms with Crippen LogP contribution in [-0.2, 0) is 6.54 Å². The Labute approximate surface area is 102 Å². The molecule has 2 N–H and O–H groups in total. The predicted octanol–water partition coefficient (Wildman–Crippen LogP) is 3.80. The van der Waals surface area contributed by atoms with Gasteiger partial charge in [0.2, 0.25) is 0 Å². The van der Waals surface area contributed by atoms with Gasteiger partial charge in [-0.2, -0.15) is 0 Å². The van der Waals surface area contributed by atoms with E-state index >= 15 is 0 Å². The first-order valence-electron chi connectivity index (χ1n) is 6.67. The lowest BCUT2D eigenvalue weighted by Crippen LogP contribution is -2.13. The lowest BCUT2D eigenvalue weighted by Gasteiger charge is -2.22. The third kappa shape index (κ3) is 2.17. The summed E-state index contributed by atoms with van der Waals surface area (Å²) < 4.78 is 2.39. The highest BCUT2D eigenvalue weighted by Gasteiger charge is 2.14. The van der Waals surface area contributed by atoms with Gasteiger partial charge in [0.1, 0.15) is 0 Å². The molecule has 0 saturated heterocycles. The molecule has 2 aromatic rings. The molecule has 1 aromatic heterocycles. The Kier molecular flexibility index (Phi) is 2.79. The summed E-state index contributed by atoms with van der Waals surface area (Å²) in [5, 5.41) is 1.26. The van der Waals surface area contributed by atoms with Gasteiger partial charge in [-0.05, 0) is 43.0 Å². The van der Waals surface area contributed by atoms with Gasteiger partial charge >= 0.3 is 0 Å². The van der Waals surface area contributed by atoms with Gasteiger partial charge in [-0.3, -0.25) is 0 Å². The highest BCUT2D eigenvalue weighted by atomic mass is 15.0. The second kappa shape index (κ2) is 4.44. The van der Waals surface area contributed by atoms with Gasteiger partial charge in [0.05, 0.1) is 0 Å². The number of benzene rings is 1. The summed E-state index contributed by atoms with van der Waals surface area (Å²) in [7, 11) is 0. The maximum absolute atomic E-state index is 5.81. The van der Waals surface area contributed by atoms with E-state index in [-0.39, 0.29) is 0 Å². The molecule has 0 spiro atoms. The summed E-state index contributed by atoms with van der Waals surface area (Å²) in [6.07, 6.45) is 9.26. The van der Waals surface area contributed by atoms with Crippen LogP contribution in [0.4, 0.5) is 5.69 Å². The topological polar surface area (TPSA) is 30.9 Å². The number of aromatic nitrogens is 1. The van der Waals surface area contributed by atoms with E-state index in [0.29, 0.717) is 0 Å². The van der Waals surface area contributed by atoms with Crippen LogP contribution < -0.4 is 5.73 Å². The molecule has 1 aromatic carbocycles. The fourth-order valence-corrected chi connectivity index (χ4v) is 3.03. The van der Waals surface area contributed by atoms with Gasteiger partial charge in [0.25, 0.3) is 0 Å². The Morgan fingerprint density at radius 2 is 1.94 bits per heavy atom. The SMILES string of the molecule is Nc1ccc2c(ccn2CC2CCCCC2)c1. The molecule has 1 heterocycles. The monoisotopic (exact) mass is 228 g/mol. The number of fused-ring (bicyclic) bond motifs is 1. The summed E-state index contributed by atoms with van der Waals surface area (Å²) in [5.74, 6) is 0.872. The zero-order valence-corrected chi connectivity index (χ0v) is 10.2. The average Bonchev–Trinajstić information content (AvgIpc) is 2.73. The molecule has 0 aliphatic heterocycles. The summed E-state index contributed by atoms with van der Waals surface area (Å²) in [5.41, 5.74) is 7.99. The minimum Gasteiger partial charge on any atom is -0.399 e. The van der Waals surface area contributed by atoms with E-state index in [1.54, 1.807) is 0 Å². The maximum atomic E-state index is 5.81. The highest BCUT2D eigenvalue weighted by molar-refractivity contribution is 5.83. The first kappa shape index (κ1) is 10.7. The molecule has 3 rings (SSSR count). The van der Waals surface area contributed by atoms with Gasteiger partial charge in [-0.25, -0.2) is 0 Å². The van der Waals surface area contributed by atoms with Crippen LogP contribution in [0.3, 0.4) is 0 Å². The second-order valence-electron chi connectivity index (χ2n) is 5.29. The summed E-state index contributed by atoms with van der Waals surface area (Å²) >= 11 is 0. The normalized spacial score (nSPS) is 17.6. The lowest BCUT2D eigenvalue weighted by molar-refractivity contribution is 0.322. The van der Waals surface area contributed by atoms with Gasteiger partial charge in [-0.1, -0.05) is 19.3 Å². The van der Waals surface area contributed by atoms with E-state index < -0.39 is 0 Å². The zero-order chi connectivity index (χ0) is 11.7. The molecule has 1 aliphatic rings. The van der Waals surface area contributed by atoms with Gasteiger partial charge in [-0.15, -0.1) is 0 Å². The summed E-state index contributed by atoms with van der Waals surface area (Å²) in [6.45, 7) is 1.17. The Hall–Kier alpha value is -1.44. The van der Waals surface area contributed by atoms with Crippen LogP contribution in [-0.4, -0.2) is 4.57 Å². The van der Waals surface area contributed by atoms with E-state index in [1.165, 1.54) is 49.6 Å². The minimum atomic E-state index is 0.855. The smallest absolute Gasteiger partial charge is 0.0481 e. The molecule has 17 heavy (non-hydrogen) atoms. The Balaban J connectivity index is 1.84. The molecule has 0 radical (unpaired) electrons. The second-order valence-corrected chi connectivity index (χ2v) is 5.29. The molecular formula is C15H20N2. The van der Waals surface area contributed by atoms with Crippen molar-refractivity contribution < 1.29 is 0 Å². The Bertz CT molecular complexity index is 507. The molecule has 0 unspecified atom stereocenters. The lowest BCUT2D eigenvalue weighted by atomic mass is 9.89. The molecule has 0 bridgehead atoms. The quantitative estimate of drug-likeness (QED) is 0.779. The van der Waals surface area contributed by atoms with Crippen LogP contribution in [0.5, 0.6) is 0 Å². The number of anilines is 1. The number of hydrogen-bond acceptors (Lipinski definition) is 1. The molecule has 1 saturated carbocycles. The van der Waals surface area contributed by atoms with Crippen molar-refractivity contribution in [3.8, 4) is 0 Å². The van der Waals surface area contributed by atoms with Crippen LogP contribution in [0, 0.1) is 5.92 Å². The van der Waals surface area contributed by atoms with Crippen molar-refractivity contribution in [1.82, 2.24) is 4.57 Å². The summed E-state index contributed by atoms with van der Waals surface area (Å²) in [6, 6.07) is 8.38. The Morgan fingerprint density at radius 3 is 2.76 bits per heavy atom. The first-order valence-corrected chi connectivity index (χ1v) is 6.67. The van der Waals surface area contributed by atoms with Crippen molar-refractivity contribution >= 4 is 16.6 Å². The van der Waals surface area contributed by atoms with Crippen LogP contribution >= 0.6 is 0 Å². The molecular weight excluding hydrogens is 208 g/mol. The molecule has 1 fully saturated rings. The van der Waals surface area contributed by atoms with Crippen molar-refractivity contribution in [2.75, 3.05) is 5.73 Å². The molecule has 90 valence electrons. The standard InChI is InChI=1S/C15H20N2/c16-14-6-7-15-13(10-14)8-9-17(15)11-12-4-2-1-3-5-12/h6-10,12H,1-5,11,16H2. The Morgan fingerprint density at radius 1 is 1.12 bits per heavy atom. The minimum absolute atomic E-state index is 0.855. The molecule has 1 aliphatic carbocycles. The van der Waals surface area contributed by atoms with E-state index in [9.17, 15) is 0 Å². The molecule has 0 amide bonds. The largest absolute Gasteiger partial charge is 0.399 e. The average molecular weight is 228 g/mol. The maximum Gasteiger partial charge on any atom is 0.0481 e. The number of nitrogens with two attached hydrogens (primary N) is 1. The zero-order valence-electron chi connectivity index (χ0n) is 10.2. The third-order valence-corrected chi connectivity index (χ3v) is 3.97. The van der Waals surface area contributed by atoms with E-state index in [0.717, 1.165) is 11.6 Å². The van der Waals surface area contributed by atoms with E-state index in [2.05, 4.69) is 29.0 Å². The number of nitrogen functional groups attached to an aromatic ring is 1. The van der Waals surface area contributed by atoms with Crippen molar-refractivity contribution in [3.63, 3.8) is 0 Å². The van der Waals surface area contributed by atoms with Crippen molar-refractivity contribution in [1.29, 1.82) is 0 Å². The fraction of sp³-hybridized carbons (Fsp3) is 0.467. The van der Waals surface area contributed by atoms with Crippen LogP contribution in [0.15, 0.2) is 30.5 Å². The number of nitrogens with zero attached hydrogens (tertiary/aromatic N) is 1. The van der Waals surface area contributed by atoms with Crippen LogP contribution in [0.25, 0.3) is 10.9 Å². The van der Waals surface area contributed by atoms with Gasteiger partial charge in [0.15, 0.2) is 0 Å². The molecule has 0 atom stereocenters. The van der Waals surface area contributed by atoms with Crippen LogP contribution in [0.2, 0.25) is 0 Å². The van der Waals surface area contributed by atoms with E-state index in [4.69, 9.17) is 5.73 Å². The van der Waals surface area contributed by atoms with E-state index in [1.807, 2.05) is 6.07 Å². The van der Waals surface area contributed by atoms with Crippen molar-refractivity contribution in [2.24, 2.45) is 5.92 Å². The third-order valence-electron chi connectivity index (χ3n) is 3.97. The van der Waals surface area contributed by atoms with Gasteiger partial charge < -0.3 is 10.3 Å². The van der Waals surface area contributed by atoms with Crippen molar-refractivity contribution in [2.45, 2.75) is 38.6 Å².